The van der Waals surface area contributed by atoms with Crippen molar-refractivity contribution >= 4 is 29.2 Å². The summed E-state index contributed by atoms with van der Waals surface area (Å²) in [6.07, 6.45) is -2.76. The van der Waals surface area contributed by atoms with E-state index < -0.39 is 17.8 Å². The third kappa shape index (κ3) is 4.32. The first kappa shape index (κ1) is 20.2. The van der Waals surface area contributed by atoms with Crippen LogP contribution in [0.4, 0.5) is 18.0 Å². The highest BCUT2D eigenvalue weighted by Crippen LogP contribution is 2.32. The monoisotopic (exact) mass is 418 g/mol. The number of carbonyl (C=O) groups excluding carboxylic acids is 2. The lowest BCUT2D eigenvalue weighted by molar-refractivity contribution is -0.138. The number of carbonyl (C=O) groups is 2. The third-order valence-corrected chi connectivity index (χ3v) is 4.65. The zero-order valence-electron chi connectivity index (χ0n) is 15.0. The molecule has 2 amide bonds. The topological polar surface area (TPSA) is 67.2 Å². The average molecular weight is 419 g/mol. The van der Waals surface area contributed by atoms with Crippen molar-refractivity contribution in [2.45, 2.75) is 19.5 Å². The minimum Gasteiger partial charge on any atom is -0.450 e. The molecule has 0 radical (unpaired) electrons. The molecule has 1 saturated heterocycles. The molecule has 0 atom stereocenters. The van der Waals surface area contributed by atoms with Gasteiger partial charge >= 0.3 is 12.3 Å². The van der Waals surface area contributed by atoms with E-state index in [1.165, 1.54) is 15.5 Å². The van der Waals surface area contributed by atoms with Crippen molar-refractivity contribution in [3.05, 3.63) is 34.7 Å². The zero-order valence-corrected chi connectivity index (χ0v) is 15.8. The lowest BCUT2D eigenvalue weighted by Crippen LogP contribution is -2.51. The molecule has 1 aliphatic heterocycles. The zero-order chi connectivity index (χ0) is 20.5. The Hall–Kier alpha value is -2.49. The van der Waals surface area contributed by atoms with Crippen LogP contribution in [0.2, 0.25) is 5.02 Å². The normalized spacial score (nSPS) is 15.2. The van der Waals surface area contributed by atoms with Gasteiger partial charge in [0.2, 0.25) is 5.91 Å². The average Bonchev–Trinajstić information content (AvgIpc) is 3.04. The first-order chi connectivity index (χ1) is 13.2. The highest BCUT2D eigenvalue weighted by molar-refractivity contribution is 6.33. The van der Waals surface area contributed by atoms with Crippen LogP contribution in [0, 0.1) is 0 Å². The maximum absolute atomic E-state index is 12.9. The van der Waals surface area contributed by atoms with E-state index >= 15 is 0 Å². The van der Waals surface area contributed by atoms with Crippen LogP contribution >= 0.6 is 11.6 Å². The van der Waals surface area contributed by atoms with Gasteiger partial charge in [0, 0.05) is 38.6 Å². The number of pyridine rings is 1. The molecule has 1 aliphatic rings. The molecule has 1 fully saturated rings. The summed E-state index contributed by atoms with van der Waals surface area (Å²) in [4.78, 5) is 31.5. The van der Waals surface area contributed by atoms with Gasteiger partial charge in [-0.15, -0.1) is 0 Å². The van der Waals surface area contributed by atoms with Crippen LogP contribution in [0.5, 0.6) is 0 Å². The Morgan fingerprint density at radius 3 is 2.43 bits per heavy atom. The van der Waals surface area contributed by atoms with Gasteiger partial charge in [0.15, 0.2) is 5.65 Å². The molecule has 0 N–H and O–H groups in total. The number of imidazole rings is 1. The molecule has 28 heavy (non-hydrogen) atoms. The van der Waals surface area contributed by atoms with Gasteiger partial charge in [-0.1, -0.05) is 11.6 Å². The number of amides is 2. The maximum atomic E-state index is 12.9. The summed E-state index contributed by atoms with van der Waals surface area (Å²) in [5, 5.41) is -0.142. The van der Waals surface area contributed by atoms with Gasteiger partial charge in [-0.25, -0.2) is 9.78 Å². The van der Waals surface area contributed by atoms with Crippen molar-refractivity contribution in [2.24, 2.45) is 0 Å². The predicted molar refractivity (Wildman–Crippen MR) is 94.1 cm³/mol. The fraction of sp³-hybridized carbons (Fsp3) is 0.471. The van der Waals surface area contributed by atoms with Gasteiger partial charge in [0.05, 0.1) is 29.3 Å². The van der Waals surface area contributed by atoms with Gasteiger partial charge in [0.25, 0.3) is 0 Å². The summed E-state index contributed by atoms with van der Waals surface area (Å²) in [6.45, 7) is 3.42. The second-order valence-electron chi connectivity index (χ2n) is 6.28. The number of piperazine rings is 1. The van der Waals surface area contributed by atoms with Gasteiger partial charge in [0.1, 0.15) is 0 Å². The maximum Gasteiger partial charge on any atom is 0.417 e. The van der Waals surface area contributed by atoms with Crippen LogP contribution < -0.4 is 0 Å². The summed E-state index contributed by atoms with van der Waals surface area (Å²) in [7, 11) is 0. The van der Waals surface area contributed by atoms with Gasteiger partial charge in [-0.2, -0.15) is 13.2 Å². The van der Waals surface area contributed by atoms with Crippen molar-refractivity contribution in [1.82, 2.24) is 19.2 Å². The molecule has 0 aromatic carbocycles. The Kier molecular flexibility index (Phi) is 5.69. The number of ether oxygens (including phenoxy) is 1. The number of halogens is 4. The Bertz CT molecular complexity index is 892. The molecular weight excluding hydrogens is 401 g/mol. The van der Waals surface area contributed by atoms with Crippen LogP contribution in [0.3, 0.4) is 0 Å². The molecule has 7 nitrogen and oxygen atoms in total. The first-order valence-electron chi connectivity index (χ1n) is 8.63. The van der Waals surface area contributed by atoms with E-state index in [-0.39, 0.29) is 29.6 Å². The van der Waals surface area contributed by atoms with Gasteiger partial charge in [-0.3, -0.25) is 4.79 Å². The number of rotatable bonds is 3. The minimum absolute atomic E-state index is 0.0707. The van der Waals surface area contributed by atoms with Gasteiger partial charge in [-0.05, 0) is 13.0 Å². The quantitative estimate of drug-likeness (QED) is 0.768. The molecule has 152 valence electrons. The van der Waals surface area contributed by atoms with Crippen LogP contribution in [0.1, 0.15) is 18.2 Å². The number of hydrogen-bond acceptors (Lipinski definition) is 4. The standard InChI is InChI=1S/C17H18ClF3N4O3/c1-2-28-16(27)24-5-3-23(4-6-24)14(26)8-12-10-25-9-11(17(19,20)21)7-13(18)15(25)22-12/h7,9-10H,2-6,8H2,1H3. The van der Waals surface area contributed by atoms with Gasteiger partial charge < -0.3 is 18.9 Å². The van der Waals surface area contributed by atoms with Crippen LogP contribution in [-0.2, 0) is 22.1 Å². The molecule has 0 aliphatic carbocycles. The molecule has 2 aromatic rings. The number of fused-ring (bicyclic) bond motifs is 1. The number of aromatic nitrogens is 2. The van der Waals surface area contributed by atoms with Crippen molar-refractivity contribution in [3.8, 4) is 0 Å². The molecule has 0 spiro atoms. The molecule has 2 aromatic heterocycles. The van der Waals surface area contributed by atoms with E-state index in [9.17, 15) is 22.8 Å². The van der Waals surface area contributed by atoms with Crippen molar-refractivity contribution in [2.75, 3.05) is 32.8 Å². The van der Waals surface area contributed by atoms with Crippen molar-refractivity contribution in [3.63, 3.8) is 0 Å². The lowest BCUT2D eigenvalue weighted by atomic mass is 10.2. The second kappa shape index (κ2) is 7.86. The van der Waals surface area contributed by atoms with E-state index in [1.54, 1.807) is 11.8 Å². The fourth-order valence-electron chi connectivity index (χ4n) is 2.97. The smallest absolute Gasteiger partial charge is 0.417 e. The fourth-order valence-corrected chi connectivity index (χ4v) is 3.23. The summed E-state index contributed by atoms with van der Waals surface area (Å²) in [5.41, 5.74) is -0.418. The number of hydrogen-bond donors (Lipinski definition) is 0. The highest BCUT2D eigenvalue weighted by atomic mass is 35.5. The van der Waals surface area contributed by atoms with E-state index in [2.05, 4.69) is 4.98 Å². The Morgan fingerprint density at radius 2 is 1.82 bits per heavy atom. The Morgan fingerprint density at radius 1 is 1.18 bits per heavy atom. The third-order valence-electron chi connectivity index (χ3n) is 4.37. The molecule has 0 saturated carbocycles. The Balaban J connectivity index is 1.67. The van der Waals surface area contributed by atoms with Crippen LogP contribution in [0.25, 0.3) is 5.65 Å². The highest BCUT2D eigenvalue weighted by Gasteiger charge is 2.32. The minimum atomic E-state index is -4.53. The summed E-state index contributed by atoms with van der Waals surface area (Å²) in [5.74, 6) is -0.223. The molecule has 0 unspecified atom stereocenters. The second-order valence-corrected chi connectivity index (χ2v) is 6.69. The summed E-state index contributed by atoms with van der Waals surface area (Å²) >= 11 is 5.91. The van der Waals surface area contributed by atoms with E-state index in [0.29, 0.717) is 31.9 Å². The summed E-state index contributed by atoms with van der Waals surface area (Å²) < 4.78 is 44.8. The molecular formula is C17H18ClF3N4O3. The number of nitrogens with zero attached hydrogens (tertiary/aromatic N) is 4. The first-order valence-corrected chi connectivity index (χ1v) is 9.00. The van der Waals surface area contributed by atoms with Crippen molar-refractivity contribution in [1.29, 1.82) is 0 Å². The molecule has 0 bridgehead atoms. The lowest BCUT2D eigenvalue weighted by Gasteiger charge is -2.34. The summed E-state index contributed by atoms with van der Waals surface area (Å²) in [6, 6.07) is 0.810. The van der Waals surface area contributed by atoms with Crippen molar-refractivity contribution < 1.29 is 27.5 Å². The molecule has 11 heteroatoms. The van der Waals surface area contributed by atoms with Crippen LogP contribution in [0.15, 0.2) is 18.5 Å². The molecule has 3 rings (SSSR count). The Labute approximate surface area is 163 Å². The van der Waals surface area contributed by atoms with Crippen LogP contribution in [-0.4, -0.2) is 64.0 Å². The molecule has 3 heterocycles. The largest absolute Gasteiger partial charge is 0.450 e. The van der Waals surface area contributed by atoms with E-state index in [0.717, 1.165) is 12.3 Å². The number of alkyl halides is 3. The predicted octanol–water partition coefficient (Wildman–Crippen LogP) is 2.85. The van der Waals surface area contributed by atoms with E-state index in [4.69, 9.17) is 16.3 Å². The SMILES string of the molecule is CCOC(=O)N1CCN(C(=O)Cc2cn3cc(C(F)(F)F)cc(Cl)c3n2)CC1. The van der Waals surface area contributed by atoms with E-state index in [1.807, 2.05) is 0 Å².